The van der Waals surface area contributed by atoms with E-state index in [0.29, 0.717) is 5.41 Å². The lowest BCUT2D eigenvalue weighted by Gasteiger charge is -2.35. The molecule has 1 heteroatoms. The van der Waals surface area contributed by atoms with Crippen LogP contribution in [-0.2, 0) is 0 Å². The smallest absolute Gasteiger partial charge is 0.00879 e. The molecule has 118 valence electrons. The summed E-state index contributed by atoms with van der Waals surface area (Å²) < 4.78 is 1.52. The van der Waals surface area contributed by atoms with Crippen molar-refractivity contribution in [1.82, 2.24) is 0 Å². The molecule has 0 saturated heterocycles. The Hall–Kier alpha value is -0.570. The van der Waals surface area contributed by atoms with Gasteiger partial charge in [0, 0.05) is 0 Å². The Morgan fingerprint density at radius 1 is 1.27 bits per heavy atom. The summed E-state index contributed by atoms with van der Waals surface area (Å²) in [5, 5.41) is 0. The van der Waals surface area contributed by atoms with Gasteiger partial charge < -0.3 is 0 Å². The van der Waals surface area contributed by atoms with E-state index in [0.717, 1.165) is 24.2 Å². The lowest BCUT2D eigenvalue weighted by Crippen LogP contribution is -2.27. The van der Waals surface area contributed by atoms with Gasteiger partial charge in [0.1, 0.15) is 0 Å². The second-order valence-corrected chi connectivity index (χ2v) is 8.90. The molecule has 1 saturated carbocycles. The van der Waals surface area contributed by atoms with Gasteiger partial charge in [-0.3, -0.25) is 0 Å². The summed E-state index contributed by atoms with van der Waals surface area (Å²) in [5.41, 5.74) is 3.80. The highest BCUT2D eigenvalue weighted by molar-refractivity contribution is 14.1. The van der Waals surface area contributed by atoms with E-state index in [4.69, 9.17) is 0 Å². The average Bonchev–Trinajstić information content (AvgIpc) is 2.72. The third kappa shape index (κ3) is 2.93. The van der Waals surface area contributed by atoms with E-state index in [2.05, 4.69) is 85.9 Å². The van der Waals surface area contributed by atoms with Crippen LogP contribution in [0.15, 0.2) is 57.3 Å². The van der Waals surface area contributed by atoms with Crippen molar-refractivity contribution in [2.75, 3.05) is 0 Å². The van der Waals surface area contributed by atoms with Crippen molar-refractivity contribution in [3.63, 3.8) is 0 Å². The first-order valence-corrected chi connectivity index (χ1v) is 9.65. The van der Waals surface area contributed by atoms with Gasteiger partial charge in [0.2, 0.25) is 0 Å². The molecule has 3 rings (SSSR count). The summed E-state index contributed by atoms with van der Waals surface area (Å²) in [6.45, 7) is 7.07. The highest BCUT2D eigenvalue weighted by atomic mass is 127. The summed E-state index contributed by atoms with van der Waals surface area (Å²) in [7, 11) is 0. The quantitative estimate of drug-likeness (QED) is 0.276. The Morgan fingerprint density at radius 2 is 2.09 bits per heavy atom. The maximum Gasteiger partial charge on any atom is -0.00879 e. The van der Waals surface area contributed by atoms with Crippen molar-refractivity contribution < 1.29 is 0 Å². The number of hydrogen-bond acceptors (Lipinski definition) is 0. The molecule has 0 bridgehead atoms. The zero-order chi connectivity index (χ0) is 15.7. The average molecular weight is 406 g/mol. The normalized spacial score (nSPS) is 33.5. The van der Waals surface area contributed by atoms with E-state index in [1.165, 1.54) is 22.8 Å². The van der Waals surface area contributed by atoms with Crippen molar-refractivity contribution in [3.8, 4) is 0 Å². The molecule has 0 N–H and O–H groups in total. The van der Waals surface area contributed by atoms with Crippen LogP contribution >= 0.6 is 22.6 Å². The van der Waals surface area contributed by atoms with E-state index in [1.54, 1.807) is 11.1 Å². The first kappa shape index (κ1) is 16.3. The van der Waals surface area contributed by atoms with Crippen LogP contribution in [0.3, 0.4) is 0 Å². The minimum atomic E-state index is 0.403. The fourth-order valence-electron chi connectivity index (χ4n) is 4.65. The standard InChI is InChI=1S/C21H27I/c1-4-5-6-7-8-15-9-11-17-18-12-10-16(22)14-20(18)21(2,3)19(17)13-15/h4-7,10,12-13,17,19-20H,8-9,11,14H2,1-3H3/b5-4-,7-6-. The van der Waals surface area contributed by atoms with Crippen LogP contribution in [-0.4, -0.2) is 0 Å². The Balaban J connectivity index is 1.82. The van der Waals surface area contributed by atoms with Gasteiger partial charge in [0.15, 0.2) is 0 Å². The zero-order valence-corrected chi connectivity index (χ0v) is 16.1. The molecular weight excluding hydrogens is 379 g/mol. The lowest BCUT2D eigenvalue weighted by molar-refractivity contribution is 0.201. The molecule has 0 aromatic rings. The van der Waals surface area contributed by atoms with Crippen molar-refractivity contribution in [3.05, 3.63) is 57.3 Å². The summed E-state index contributed by atoms with van der Waals surface area (Å²) in [5.74, 6) is 2.29. The number of rotatable bonds is 3. The van der Waals surface area contributed by atoms with Gasteiger partial charge >= 0.3 is 0 Å². The van der Waals surface area contributed by atoms with Crippen molar-refractivity contribution in [1.29, 1.82) is 0 Å². The van der Waals surface area contributed by atoms with Crippen LogP contribution in [0.25, 0.3) is 0 Å². The van der Waals surface area contributed by atoms with E-state index in [1.807, 2.05) is 0 Å². The third-order valence-corrected chi connectivity index (χ3v) is 6.69. The van der Waals surface area contributed by atoms with Crippen LogP contribution in [0.5, 0.6) is 0 Å². The van der Waals surface area contributed by atoms with Crippen molar-refractivity contribution in [2.24, 2.45) is 23.2 Å². The van der Waals surface area contributed by atoms with Gasteiger partial charge in [-0.05, 0) is 81.9 Å². The Kier molecular flexibility index (Phi) is 4.82. The molecule has 0 aliphatic heterocycles. The summed E-state index contributed by atoms with van der Waals surface area (Å²) in [4.78, 5) is 0. The van der Waals surface area contributed by atoms with Crippen LogP contribution in [0, 0.1) is 23.2 Å². The molecular formula is C21H27I. The van der Waals surface area contributed by atoms with Crippen molar-refractivity contribution in [2.45, 2.75) is 46.5 Å². The number of allylic oxidation sites excluding steroid dienone is 10. The molecule has 3 aliphatic carbocycles. The molecule has 1 fully saturated rings. The highest BCUT2D eigenvalue weighted by Gasteiger charge is 2.52. The molecule has 3 unspecified atom stereocenters. The van der Waals surface area contributed by atoms with E-state index in [9.17, 15) is 0 Å². The fourth-order valence-corrected chi connectivity index (χ4v) is 5.27. The monoisotopic (exact) mass is 406 g/mol. The molecule has 0 radical (unpaired) electrons. The second-order valence-electron chi connectivity index (χ2n) is 7.51. The minimum Gasteiger partial charge on any atom is -0.0877 e. The summed E-state index contributed by atoms with van der Waals surface area (Å²) in [6, 6.07) is 0. The maximum absolute atomic E-state index is 2.64. The molecule has 0 spiro atoms. The molecule has 22 heavy (non-hydrogen) atoms. The van der Waals surface area contributed by atoms with Crippen LogP contribution in [0.4, 0.5) is 0 Å². The molecule has 0 aromatic carbocycles. The molecule has 0 aromatic heterocycles. The van der Waals surface area contributed by atoms with E-state index >= 15 is 0 Å². The highest BCUT2D eigenvalue weighted by Crippen LogP contribution is 2.61. The van der Waals surface area contributed by atoms with E-state index < -0.39 is 0 Å². The largest absolute Gasteiger partial charge is 0.0877 e. The van der Waals surface area contributed by atoms with Gasteiger partial charge in [0.05, 0.1) is 0 Å². The molecule has 0 nitrogen and oxygen atoms in total. The van der Waals surface area contributed by atoms with Gasteiger partial charge in [-0.1, -0.05) is 67.5 Å². The first-order chi connectivity index (χ1) is 10.5. The third-order valence-electron chi connectivity index (χ3n) is 5.89. The number of hydrogen-bond donors (Lipinski definition) is 0. The van der Waals surface area contributed by atoms with Crippen LogP contribution in [0.1, 0.15) is 46.5 Å². The van der Waals surface area contributed by atoms with E-state index in [-0.39, 0.29) is 0 Å². The number of halogens is 1. The second kappa shape index (κ2) is 6.51. The van der Waals surface area contributed by atoms with Gasteiger partial charge in [-0.25, -0.2) is 0 Å². The molecule has 0 heterocycles. The molecule has 3 aliphatic rings. The Labute approximate surface area is 149 Å². The van der Waals surface area contributed by atoms with Gasteiger partial charge in [-0.15, -0.1) is 0 Å². The Bertz CT molecular complexity index is 583. The van der Waals surface area contributed by atoms with Gasteiger partial charge in [-0.2, -0.15) is 0 Å². The minimum absolute atomic E-state index is 0.403. The maximum atomic E-state index is 2.64. The lowest BCUT2D eigenvalue weighted by atomic mass is 9.70. The number of fused-ring (bicyclic) bond motifs is 3. The topological polar surface area (TPSA) is 0 Å². The SMILES string of the molecule is C/C=C\C=C/CC1=CC2C(CC1)C1=CC=C(I)CC1C2(C)C. The summed E-state index contributed by atoms with van der Waals surface area (Å²) in [6.07, 6.45) is 21.2. The van der Waals surface area contributed by atoms with Gasteiger partial charge in [0.25, 0.3) is 0 Å². The molecule has 3 atom stereocenters. The van der Waals surface area contributed by atoms with Crippen LogP contribution in [0.2, 0.25) is 0 Å². The Morgan fingerprint density at radius 3 is 2.86 bits per heavy atom. The fraction of sp³-hybridized carbons (Fsp3) is 0.524. The predicted octanol–water partition coefficient (Wildman–Crippen LogP) is 6.77. The van der Waals surface area contributed by atoms with Crippen LogP contribution < -0.4 is 0 Å². The van der Waals surface area contributed by atoms with Crippen molar-refractivity contribution >= 4 is 22.6 Å². The zero-order valence-electron chi connectivity index (χ0n) is 14.0. The molecule has 0 amide bonds. The first-order valence-electron chi connectivity index (χ1n) is 8.57. The summed E-state index contributed by atoms with van der Waals surface area (Å²) >= 11 is 2.52. The predicted molar refractivity (Wildman–Crippen MR) is 105 cm³/mol.